The van der Waals surface area contributed by atoms with Crippen LogP contribution in [0.1, 0.15) is 0 Å². The summed E-state index contributed by atoms with van der Waals surface area (Å²) in [5.74, 6) is 0. The van der Waals surface area contributed by atoms with Crippen LogP contribution in [0.3, 0.4) is 0 Å². The third-order valence-electron chi connectivity index (χ3n) is 2.77. The van der Waals surface area contributed by atoms with Crippen LogP contribution in [-0.4, -0.2) is 16.9 Å². The van der Waals surface area contributed by atoms with Crippen molar-refractivity contribution in [2.75, 3.05) is 12.1 Å². The number of anilines is 1. The van der Waals surface area contributed by atoms with Crippen LogP contribution >= 0.6 is 0 Å². The molecule has 0 aromatic heterocycles. The molecule has 9 heteroatoms. The fourth-order valence-electron chi connectivity index (χ4n) is 1.62. The van der Waals surface area contributed by atoms with Crippen LogP contribution in [0.25, 0.3) is 0 Å². The molecule has 0 saturated heterocycles. The predicted octanol–water partition coefficient (Wildman–Crippen LogP) is 3.64. The first-order valence-corrected chi connectivity index (χ1v) is 6.11. The summed E-state index contributed by atoms with van der Waals surface area (Å²) in [5, 5.41) is 30.4. The molecule has 0 bridgehead atoms. The van der Waals surface area contributed by atoms with Crippen LogP contribution < -0.4 is 5.01 Å². The van der Waals surface area contributed by atoms with Gasteiger partial charge in [-0.15, -0.1) is 5.11 Å². The minimum atomic E-state index is -0.504. The lowest BCUT2D eigenvalue weighted by Crippen LogP contribution is -2.07. The third kappa shape index (κ3) is 3.60. The van der Waals surface area contributed by atoms with Gasteiger partial charge < -0.3 is 0 Å². The van der Waals surface area contributed by atoms with Gasteiger partial charge in [0, 0.05) is 31.3 Å². The first-order chi connectivity index (χ1) is 10.5. The van der Waals surface area contributed by atoms with Gasteiger partial charge >= 0.3 is 0 Å². The Balaban J connectivity index is 2.13. The van der Waals surface area contributed by atoms with E-state index in [0.29, 0.717) is 11.4 Å². The summed E-state index contributed by atoms with van der Waals surface area (Å²) in [6.07, 6.45) is 0. The third-order valence-corrected chi connectivity index (χ3v) is 2.77. The van der Waals surface area contributed by atoms with Crippen LogP contribution in [0.4, 0.5) is 22.7 Å². The van der Waals surface area contributed by atoms with Crippen molar-refractivity contribution in [1.82, 2.24) is 0 Å². The molecule has 0 radical (unpaired) electrons. The fraction of sp³-hybridized carbons (Fsp3) is 0.0769. The van der Waals surface area contributed by atoms with Crippen molar-refractivity contribution in [1.29, 1.82) is 0 Å². The van der Waals surface area contributed by atoms with Crippen LogP contribution in [0.15, 0.2) is 58.9 Å². The Hall–Kier alpha value is -3.36. The van der Waals surface area contributed by atoms with Crippen molar-refractivity contribution < 1.29 is 9.85 Å². The number of nitrogens with zero attached hydrogens (tertiary/aromatic N) is 5. The average molecular weight is 301 g/mol. The molecule has 0 aliphatic rings. The second-order valence-corrected chi connectivity index (χ2v) is 4.26. The summed E-state index contributed by atoms with van der Waals surface area (Å²) in [5.41, 5.74) is 0.851. The zero-order valence-corrected chi connectivity index (χ0v) is 11.5. The summed E-state index contributed by atoms with van der Waals surface area (Å²) >= 11 is 0. The summed E-state index contributed by atoms with van der Waals surface area (Å²) < 4.78 is 0. The highest BCUT2D eigenvalue weighted by Gasteiger charge is 2.08. The lowest BCUT2D eigenvalue weighted by atomic mass is 10.3. The normalized spacial score (nSPS) is 10.6. The summed E-state index contributed by atoms with van der Waals surface area (Å²) in [6.45, 7) is 0. The molecule has 2 aromatic rings. The van der Waals surface area contributed by atoms with E-state index in [4.69, 9.17) is 0 Å². The monoisotopic (exact) mass is 301 g/mol. The smallest absolute Gasteiger partial charge is 0.258 e. The van der Waals surface area contributed by atoms with Gasteiger partial charge in [0.1, 0.15) is 0 Å². The molecule has 9 nitrogen and oxygen atoms in total. The van der Waals surface area contributed by atoms with Gasteiger partial charge in [0.2, 0.25) is 0 Å². The summed E-state index contributed by atoms with van der Waals surface area (Å²) in [6, 6.07) is 11.5. The Morgan fingerprint density at radius 3 is 2.18 bits per heavy atom. The highest BCUT2D eigenvalue weighted by Crippen LogP contribution is 2.22. The molecule has 22 heavy (non-hydrogen) atoms. The second kappa shape index (κ2) is 6.39. The Bertz CT molecular complexity index is 729. The number of non-ortho nitro benzene ring substituents is 2. The van der Waals surface area contributed by atoms with Gasteiger partial charge in [-0.3, -0.25) is 20.2 Å². The van der Waals surface area contributed by atoms with Crippen LogP contribution in [0, 0.1) is 20.2 Å². The first kappa shape index (κ1) is 15.0. The summed E-state index contributed by atoms with van der Waals surface area (Å²) in [4.78, 5) is 20.3. The Morgan fingerprint density at radius 2 is 1.59 bits per heavy atom. The number of nitro benzene ring substituents is 2. The van der Waals surface area contributed by atoms with Crippen molar-refractivity contribution in [3.63, 3.8) is 0 Å². The molecule has 112 valence electrons. The molecule has 0 aliphatic carbocycles. The zero-order valence-electron chi connectivity index (χ0n) is 11.5. The highest BCUT2D eigenvalue weighted by atomic mass is 16.6. The molecule has 0 heterocycles. The van der Waals surface area contributed by atoms with Gasteiger partial charge in [-0.25, -0.2) is 5.01 Å². The van der Waals surface area contributed by atoms with E-state index in [0.717, 1.165) is 0 Å². The number of nitro groups is 2. The number of hydrogen-bond acceptors (Lipinski definition) is 6. The van der Waals surface area contributed by atoms with E-state index >= 15 is 0 Å². The van der Waals surface area contributed by atoms with Gasteiger partial charge in [0.15, 0.2) is 0 Å². The molecule has 0 fully saturated rings. The molecule has 2 rings (SSSR count). The van der Waals surface area contributed by atoms with E-state index in [-0.39, 0.29) is 11.4 Å². The van der Waals surface area contributed by atoms with Gasteiger partial charge in [-0.1, -0.05) is 11.3 Å². The highest BCUT2D eigenvalue weighted by molar-refractivity contribution is 5.52. The molecule has 2 aromatic carbocycles. The van der Waals surface area contributed by atoms with Gasteiger partial charge in [0.25, 0.3) is 11.4 Å². The maximum atomic E-state index is 10.7. The predicted molar refractivity (Wildman–Crippen MR) is 79.1 cm³/mol. The van der Waals surface area contributed by atoms with E-state index < -0.39 is 9.85 Å². The Labute approximate surface area is 124 Å². The number of benzene rings is 2. The van der Waals surface area contributed by atoms with Gasteiger partial charge in [-0.2, -0.15) is 0 Å². The standard InChI is InChI=1S/C13H11N5O4/c1-16(12-3-2-4-13(9-12)18(21)22)15-14-10-5-7-11(8-6-10)17(19)20/h2-9H,1H3. The van der Waals surface area contributed by atoms with Crippen LogP contribution in [-0.2, 0) is 0 Å². The lowest BCUT2D eigenvalue weighted by Gasteiger charge is -2.10. The largest absolute Gasteiger partial charge is 0.271 e. The van der Waals surface area contributed by atoms with Crippen LogP contribution in [0.2, 0.25) is 0 Å². The molecular formula is C13H11N5O4. The Morgan fingerprint density at radius 1 is 0.955 bits per heavy atom. The van der Waals surface area contributed by atoms with Crippen molar-refractivity contribution in [2.45, 2.75) is 0 Å². The number of hydrogen-bond donors (Lipinski definition) is 0. The minimum Gasteiger partial charge on any atom is -0.258 e. The minimum absolute atomic E-state index is 0.0361. The van der Waals surface area contributed by atoms with E-state index in [1.165, 1.54) is 41.4 Å². The number of rotatable bonds is 5. The second-order valence-electron chi connectivity index (χ2n) is 4.26. The lowest BCUT2D eigenvalue weighted by molar-refractivity contribution is -0.385. The van der Waals surface area contributed by atoms with Crippen molar-refractivity contribution >= 4 is 22.7 Å². The van der Waals surface area contributed by atoms with E-state index in [1.807, 2.05) is 0 Å². The van der Waals surface area contributed by atoms with Crippen molar-refractivity contribution in [2.24, 2.45) is 10.3 Å². The van der Waals surface area contributed by atoms with Crippen LogP contribution in [0.5, 0.6) is 0 Å². The van der Waals surface area contributed by atoms with Crippen molar-refractivity contribution in [3.8, 4) is 0 Å². The van der Waals surface area contributed by atoms with E-state index in [9.17, 15) is 20.2 Å². The molecule has 0 atom stereocenters. The fourth-order valence-corrected chi connectivity index (χ4v) is 1.62. The van der Waals surface area contributed by atoms with E-state index in [2.05, 4.69) is 10.3 Å². The van der Waals surface area contributed by atoms with Crippen molar-refractivity contribution in [3.05, 3.63) is 68.8 Å². The van der Waals surface area contributed by atoms with Gasteiger partial charge in [-0.05, 0) is 18.2 Å². The first-order valence-electron chi connectivity index (χ1n) is 6.11. The molecule has 0 saturated carbocycles. The summed E-state index contributed by atoms with van der Waals surface area (Å²) in [7, 11) is 1.59. The topological polar surface area (TPSA) is 114 Å². The molecule has 0 aliphatic heterocycles. The Kier molecular flexibility index (Phi) is 4.37. The quantitative estimate of drug-likeness (QED) is 0.475. The maximum Gasteiger partial charge on any atom is 0.271 e. The SMILES string of the molecule is CN(N=Nc1ccc([N+](=O)[O-])cc1)c1cccc([N+](=O)[O-])c1. The molecule has 0 unspecified atom stereocenters. The molecule has 0 amide bonds. The maximum absolute atomic E-state index is 10.7. The van der Waals surface area contributed by atoms with E-state index in [1.54, 1.807) is 19.2 Å². The molecular weight excluding hydrogens is 290 g/mol. The zero-order chi connectivity index (χ0) is 16.1. The van der Waals surface area contributed by atoms with Gasteiger partial charge in [0.05, 0.1) is 21.2 Å². The molecule has 0 spiro atoms. The average Bonchev–Trinajstić information content (AvgIpc) is 2.53. The molecule has 0 N–H and O–H groups in total.